The number of hydrogen-bond acceptors (Lipinski definition) is 4. The van der Waals surface area contributed by atoms with Gasteiger partial charge in [-0.25, -0.2) is 13.6 Å². The van der Waals surface area contributed by atoms with Crippen LogP contribution in [0.25, 0.3) is 11.0 Å². The molecule has 0 aliphatic carbocycles. The van der Waals surface area contributed by atoms with Crippen LogP contribution in [0.2, 0.25) is 5.02 Å². The van der Waals surface area contributed by atoms with Gasteiger partial charge in [0.25, 0.3) is 5.91 Å². The average molecular weight is 394 g/mol. The van der Waals surface area contributed by atoms with Crippen molar-refractivity contribution in [1.29, 1.82) is 0 Å². The molecule has 1 amide bonds. The number of furan rings is 1. The number of para-hydroxylation sites is 1. The van der Waals surface area contributed by atoms with Gasteiger partial charge < -0.3 is 14.5 Å². The summed E-state index contributed by atoms with van der Waals surface area (Å²) in [6.45, 7) is 1.10. The monoisotopic (exact) mass is 393 g/mol. The van der Waals surface area contributed by atoms with Gasteiger partial charge in [0.1, 0.15) is 11.3 Å². The normalized spacial score (nSPS) is 12.0. The molecule has 0 aliphatic rings. The first-order valence-corrected chi connectivity index (χ1v) is 8.32. The van der Waals surface area contributed by atoms with Gasteiger partial charge in [-0.1, -0.05) is 29.8 Å². The van der Waals surface area contributed by atoms with E-state index in [-0.39, 0.29) is 10.6 Å². The van der Waals surface area contributed by atoms with E-state index in [1.165, 1.54) is 0 Å². The number of halogens is 3. The fourth-order valence-electron chi connectivity index (χ4n) is 2.46. The van der Waals surface area contributed by atoms with E-state index in [9.17, 15) is 18.4 Å². The van der Waals surface area contributed by atoms with Gasteiger partial charge >= 0.3 is 5.97 Å². The number of nitrogens with one attached hydrogen (secondary N) is 1. The summed E-state index contributed by atoms with van der Waals surface area (Å²) in [7, 11) is 0. The summed E-state index contributed by atoms with van der Waals surface area (Å²) >= 11 is 5.69. The van der Waals surface area contributed by atoms with Crippen LogP contribution in [-0.2, 0) is 9.53 Å². The van der Waals surface area contributed by atoms with Gasteiger partial charge in [-0.3, -0.25) is 4.79 Å². The first kappa shape index (κ1) is 18.8. The highest BCUT2D eigenvalue weighted by Gasteiger charge is 2.19. The Labute approximate surface area is 157 Å². The van der Waals surface area contributed by atoms with Crippen LogP contribution in [0.5, 0.6) is 0 Å². The molecule has 3 aromatic rings. The highest BCUT2D eigenvalue weighted by molar-refractivity contribution is 6.33. The second-order valence-corrected chi connectivity index (χ2v) is 6.21. The second kappa shape index (κ2) is 7.75. The van der Waals surface area contributed by atoms with E-state index in [0.29, 0.717) is 23.5 Å². The van der Waals surface area contributed by atoms with Crippen molar-refractivity contribution in [2.45, 2.75) is 13.0 Å². The van der Waals surface area contributed by atoms with Crippen molar-refractivity contribution in [3.05, 3.63) is 70.4 Å². The molecule has 1 N–H and O–H groups in total. The summed E-state index contributed by atoms with van der Waals surface area (Å²) in [5.74, 6) is -3.51. The van der Waals surface area contributed by atoms with Crippen LogP contribution in [0.4, 0.5) is 8.78 Å². The summed E-state index contributed by atoms with van der Waals surface area (Å²) < 4.78 is 36.7. The molecule has 1 heterocycles. The number of fused-ring (bicyclic) bond motifs is 1. The van der Waals surface area contributed by atoms with Crippen molar-refractivity contribution in [1.82, 2.24) is 5.32 Å². The van der Waals surface area contributed by atoms with Crippen LogP contribution in [0.3, 0.4) is 0 Å². The quantitative estimate of drug-likeness (QED) is 0.515. The van der Waals surface area contributed by atoms with E-state index < -0.39 is 36.2 Å². The average Bonchev–Trinajstić information content (AvgIpc) is 3.07. The Morgan fingerprint density at radius 3 is 2.63 bits per heavy atom. The van der Waals surface area contributed by atoms with Crippen LogP contribution >= 0.6 is 11.6 Å². The molecule has 27 heavy (non-hydrogen) atoms. The number of ether oxygens (including phenoxy) is 1. The number of benzene rings is 2. The molecular weight excluding hydrogens is 380 g/mol. The molecule has 8 heteroatoms. The zero-order valence-corrected chi connectivity index (χ0v) is 14.8. The number of carbonyl (C=O) groups is 2. The van der Waals surface area contributed by atoms with E-state index in [1.54, 1.807) is 19.1 Å². The van der Waals surface area contributed by atoms with Crippen molar-refractivity contribution in [3.63, 3.8) is 0 Å². The lowest BCUT2D eigenvalue weighted by Gasteiger charge is -2.12. The Bertz CT molecular complexity index is 985. The molecule has 3 rings (SSSR count). The maximum atomic E-state index is 13.2. The molecule has 0 bridgehead atoms. The SMILES string of the molecule is C[C@@H](NC(=O)COC(=O)c1cc(F)c(F)cc1Cl)c1cc2ccccc2o1. The summed E-state index contributed by atoms with van der Waals surface area (Å²) in [5, 5.41) is 3.21. The number of rotatable bonds is 5. The molecule has 0 aliphatic heterocycles. The Kier molecular flexibility index (Phi) is 5.41. The molecule has 5 nitrogen and oxygen atoms in total. The predicted octanol–water partition coefficient (Wildman–Crippen LogP) is 4.40. The number of amides is 1. The molecule has 0 radical (unpaired) electrons. The third-order valence-corrected chi connectivity index (χ3v) is 4.13. The van der Waals surface area contributed by atoms with Crippen molar-refractivity contribution >= 4 is 34.4 Å². The zero-order chi connectivity index (χ0) is 19.6. The smallest absolute Gasteiger partial charge is 0.340 e. The summed E-state index contributed by atoms with van der Waals surface area (Å²) in [4.78, 5) is 23.9. The van der Waals surface area contributed by atoms with Crippen molar-refractivity contribution < 1.29 is 27.5 Å². The fourth-order valence-corrected chi connectivity index (χ4v) is 2.69. The predicted molar refractivity (Wildman–Crippen MR) is 94.4 cm³/mol. The van der Waals surface area contributed by atoms with Gasteiger partial charge in [-0.05, 0) is 31.2 Å². The second-order valence-electron chi connectivity index (χ2n) is 5.80. The standard InChI is InChI=1S/C19H14ClF2NO4/c1-10(17-6-11-4-2-3-5-16(11)27-17)23-18(24)9-26-19(25)12-7-14(21)15(22)8-13(12)20/h2-8,10H,9H2,1H3,(H,23,24)/t10-/m1/s1. The van der Waals surface area contributed by atoms with Crippen molar-refractivity contribution in [3.8, 4) is 0 Å². The molecule has 140 valence electrons. The Morgan fingerprint density at radius 1 is 1.19 bits per heavy atom. The molecule has 1 aromatic heterocycles. The maximum absolute atomic E-state index is 13.2. The highest BCUT2D eigenvalue weighted by Crippen LogP contribution is 2.24. The van der Waals surface area contributed by atoms with Gasteiger partial charge in [0, 0.05) is 5.39 Å². The van der Waals surface area contributed by atoms with Crippen molar-refractivity contribution in [2.24, 2.45) is 0 Å². The van der Waals surface area contributed by atoms with Gasteiger partial charge in [-0.15, -0.1) is 0 Å². The minimum absolute atomic E-state index is 0.310. The molecule has 2 aromatic carbocycles. The van der Waals surface area contributed by atoms with E-state index in [4.69, 9.17) is 20.8 Å². The topological polar surface area (TPSA) is 68.5 Å². The van der Waals surface area contributed by atoms with Crippen LogP contribution in [0.1, 0.15) is 29.1 Å². The Morgan fingerprint density at radius 2 is 1.89 bits per heavy atom. The minimum Gasteiger partial charge on any atom is -0.459 e. The van der Waals surface area contributed by atoms with E-state index >= 15 is 0 Å². The minimum atomic E-state index is -1.24. The first-order chi connectivity index (χ1) is 12.8. The number of carbonyl (C=O) groups excluding carboxylic acids is 2. The molecular formula is C19H14ClF2NO4. The lowest BCUT2D eigenvalue weighted by atomic mass is 10.2. The zero-order valence-electron chi connectivity index (χ0n) is 14.1. The fraction of sp³-hybridized carbons (Fsp3) is 0.158. The summed E-state index contributed by atoms with van der Waals surface area (Å²) in [6, 6.07) is 10.0. The van der Waals surface area contributed by atoms with Crippen LogP contribution in [0.15, 0.2) is 46.9 Å². The first-order valence-electron chi connectivity index (χ1n) is 7.94. The lowest BCUT2D eigenvalue weighted by Crippen LogP contribution is -2.31. The molecule has 1 atom stereocenters. The maximum Gasteiger partial charge on any atom is 0.340 e. The molecule has 0 saturated heterocycles. The van der Waals surface area contributed by atoms with E-state index in [0.717, 1.165) is 5.39 Å². The largest absolute Gasteiger partial charge is 0.459 e. The summed E-state index contributed by atoms with van der Waals surface area (Å²) in [6.07, 6.45) is 0. The van der Waals surface area contributed by atoms with E-state index in [2.05, 4.69) is 5.32 Å². The molecule has 0 spiro atoms. The highest BCUT2D eigenvalue weighted by atomic mass is 35.5. The third kappa shape index (κ3) is 4.25. The van der Waals surface area contributed by atoms with E-state index in [1.807, 2.05) is 18.2 Å². The van der Waals surface area contributed by atoms with Crippen LogP contribution in [-0.4, -0.2) is 18.5 Å². The Balaban J connectivity index is 1.59. The van der Waals surface area contributed by atoms with Crippen molar-refractivity contribution in [2.75, 3.05) is 6.61 Å². The molecule has 0 saturated carbocycles. The molecule has 0 unspecified atom stereocenters. The summed E-state index contributed by atoms with van der Waals surface area (Å²) in [5.41, 5.74) is 0.321. The van der Waals surface area contributed by atoms with Crippen LogP contribution < -0.4 is 5.32 Å². The van der Waals surface area contributed by atoms with Crippen LogP contribution in [0, 0.1) is 11.6 Å². The Hall–Kier alpha value is -2.93. The lowest BCUT2D eigenvalue weighted by molar-refractivity contribution is -0.125. The number of hydrogen-bond donors (Lipinski definition) is 1. The van der Waals surface area contributed by atoms with Gasteiger partial charge in [0.05, 0.1) is 16.6 Å². The molecule has 0 fully saturated rings. The van der Waals surface area contributed by atoms with Gasteiger partial charge in [-0.2, -0.15) is 0 Å². The van der Waals surface area contributed by atoms with Gasteiger partial charge in [0.15, 0.2) is 18.2 Å². The van der Waals surface area contributed by atoms with Gasteiger partial charge in [0.2, 0.25) is 0 Å². The number of esters is 1. The third-order valence-electron chi connectivity index (χ3n) is 3.81.